The van der Waals surface area contributed by atoms with Crippen LogP contribution in [0.4, 0.5) is 0 Å². The zero-order valence-electron chi connectivity index (χ0n) is 19.9. The van der Waals surface area contributed by atoms with Gasteiger partial charge in [0, 0.05) is 32.8 Å². The number of rotatable bonds is 13. The maximum atomic E-state index is 13.5. The topological polar surface area (TPSA) is 59.1 Å². The number of methoxy groups -OCH3 is 1. The summed E-state index contributed by atoms with van der Waals surface area (Å²) in [6.07, 6.45) is 2.71. The predicted molar refractivity (Wildman–Crippen MR) is 130 cm³/mol. The van der Waals surface area contributed by atoms with Crippen LogP contribution in [0.2, 0.25) is 0 Å². The van der Waals surface area contributed by atoms with Gasteiger partial charge in [-0.15, -0.1) is 0 Å². The van der Waals surface area contributed by atoms with Crippen LogP contribution in [0, 0.1) is 0 Å². The number of ether oxygens (including phenoxy) is 2. The summed E-state index contributed by atoms with van der Waals surface area (Å²) in [7, 11) is 1.60. The molecule has 0 fully saturated rings. The van der Waals surface area contributed by atoms with E-state index in [1.807, 2.05) is 66.4 Å². The summed E-state index contributed by atoms with van der Waals surface area (Å²) < 4.78 is 10.9. The van der Waals surface area contributed by atoms with Crippen molar-refractivity contribution in [1.29, 1.82) is 0 Å². The molecule has 0 aliphatic carbocycles. The van der Waals surface area contributed by atoms with Crippen LogP contribution in [-0.2, 0) is 20.9 Å². The second-order valence-corrected chi connectivity index (χ2v) is 8.03. The summed E-state index contributed by atoms with van der Waals surface area (Å²) in [4.78, 5) is 30.3. The summed E-state index contributed by atoms with van der Waals surface area (Å²) in [5.74, 6) is 0.216. The fourth-order valence-corrected chi connectivity index (χ4v) is 3.90. The van der Waals surface area contributed by atoms with Crippen LogP contribution >= 0.6 is 0 Å². The van der Waals surface area contributed by atoms with Crippen molar-refractivity contribution in [3.63, 3.8) is 0 Å². The normalized spacial score (nSPS) is 13.7. The number of unbranched alkanes of at least 4 members (excludes halogenated alkanes) is 1. The Morgan fingerprint density at radius 3 is 2.21 bits per heavy atom. The van der Waals surface area contributed by atoms with E-state index in [9.17, 15) is 9.59 Å². The van der Waals surface area contributed by atoms with E-state index in [2.05, 4.69) is 6.92 Å². The quantitative estimate of drug-likeness (QED) is 0.332. The van der Waals surface area contributed by atoms with Gasteiger partial charge in [0.15, 0.2) is 0 Å². The van der Waals surface area contributed by atoms with Crippen LogP contribution in [0.15, 0.2) is 60.3 Å². The van der Waals surface area contributed by atoms with Crippen LogP contribution in [0.5, 0.6) is 5.75 Å². The number of hydrogen-bond acceptors (Lipinski definition) is 5. The number of carbonyl (C=O) groups excluding carboxylic acids is 2. The van der Waals surface area contributed by atoms with E-state index < -0.39 is 0 Å². The highest BCUT2D eigenvalue weighted by molar-refractivity contribution is 6.35. The summed E-state index contributed by atoms with van der Waals surface area (Å²) in [5.41, 5.74) is 2.72. The largest absolute Gasteiger partial charge is 0.497 e. The van der Waals surface area contributed by atoms with E-state index in [0.29, 0.717) is 56.3 Å². The first-order valence-electron chi connectivity index (χ1n) is 11.7. The standard InChI is InChI=1S/C27H34N2O4/c1-4-6-18-33-19-10-17-29-26(30)24(22-13-15-23(32-3)16-14-22)25(27(29)31)28(5-2)20-21-11-8-7-9-12-21/h7-9,11-16H,4-6,10,17-20H2,1-3H3. The highest BCUT2D eigenvalue weighted by Gasteiger charge is 2.40. The monoisotopic (exact) mass is 450 g/mol. The van der Waals surface area contributed by atoms with Gasteiger partial charge in [-0.1, -0.05) is 55.8 Å². The van der Waals surface area contributed by atoms with Crippen LogP contribution in [-0.4, -0.2) is 55.0 Å². The Morgan fingerprint density at radius 1 is 0.879 bits per heavy atom. The number of imide groups is 1. The maximum absolute atomic E-state index is 13.5. The molecule has 176 valence electrons. The molecule has 0 N–H and O–H groups in total. The summed E-state index contributed by atoms with van der Waals surface area (Å²) >= 11 is 0. The Bertz CT molecular complexity index is 954. The molecule has 6 nitrogen and oxygen atoms in total. The Labute approximate surface area is 196 Å². The number of benzene rings is 2. The summed E-state index contributed by atoms with van der Waals surface area (Å²) in [6, 6.07) is 17.3. The molecular weight excluding hydrogens is 416 g/mol. The van der Waals surface area contributed by atoms with Crippen molar-refractivity contribution in [2.45, 2.75) is 39.7 Å². The molecule has 3 rings (SSSR count). The number of hydrogen-bond donors (Lipinski definition) is 0. The number of amides is 2. The van der Waals surface area contributed by atoms with Crippen molar-refractivity contribution in [2.75, 3.05) is 33.4 Å². The Morgan fingerprint density at radius 2 is 1.58 bits per heavy atom. The van der Waals surface area contributed by atoms with E-state index in [1.54, 1.807) is 7.11 Å². The summed E-state index contributed by atoms with van der Waals surface area (Å²) in [6.45, 7) is 6.87. The van der Waals surface area contributed by atoms with Gasteiger partial charge in [-0.3, -0.25) is 14.5 Å². The first-order valence-corrected chi connectivity index (χ1v) is 11.7. The molecule has 0 atom stereocenters. The lowest BCUT2D eigenvalue weighted by molar-refractivity contribution is -0.137. The molecule has 33 heavy (non-hydrogen) atoms. The van der Waals surface area contributed by atoms with E-state index in [4.69, 9.17) is 9.47 Å². The molecule has 0 aromatic heterocycles. The maximum Gasteiger partial charge on any atom is 0.277 e. The molecule has 0 saturated carbocycles. The van der Waals surface area contributed by atoms with Gasteiger partial charge in [-0.2, -0.15) is 0 Å². The number of carbonyl (C=O) groups is 2. The lowest BCUT2D eigenvalue weighted by Crippen LogP contribution is -2.36. The van der Waals surface area contributed by atoms with Gasteiger partial charge in [0.05, 0.1) is 12.7 Å². The molecule has 1 aliphatic heterocycles. The van der Waals surface area contributed by atoms with Crippen molar-refractivity contribution >= 4 is 17.4 Å². The van der Waals surface area contributed by atoms with Gasteiger partial charge >= 0.3 is 0 Å². The van der Waals surface area contributed by atoms with Crippen LogP contribution in [0.1, 0.15) is 44.2 Å². The third-order valence-electron chi connectivity index (χ3n) is 5.75. The highest BCUT2D eigenvalue weighted by atomic mass is 16.5. The fraction of sp³-hybridized carbons (Fsp3) is 0.407. The lowest BCUT2D eigenvalue weighted by Gasteiger charge is -2.25. The third-order valence-corrected chi connectivity index (χ3v) is 5.75. The van der Waals surface area contributed by atoms with Crippen molar-refractivity contribution in [3.05, 3.63) is 71.4 Å². The number of likely N-dealkylation sites (N-methyl/N-ethyl adjacent to an activating group) is 1. The van der Waals surface area contributed by atoms with E-state index >= 15 is 0 Å². The molecule has 0 radical (unpaired) electrons. The van der Waals surface area contributed by atoms with E-state index in [-0.39, 0.29) is 11.8 Å². The lowest BCUT2D eigenvalue weighted by atomic mass is 10.0. The van der Waals surface area contributed by atoms with Crippen LogP contribution in [0.3, 0.4) is 0 Å². The van der Waals surface area contributed by atoms with Crippen LogP contribution in [0.25, 0.3) is 5.57 Å². The summed E-state index contributed by atoms with van der Waals surface area (Å²) in [5, 5.41) is 0. The van der Waals surface area contributed by atoms with Gasteiger partial charge < -0.3 is 14.4 Å². The molecule has 0 bridgehead atoms. The molecular formula is C27H34N2O4. The van der Waals surface area contributed by atoms with Gasteiger partial charge in [0.25, 0.3) is 11.8 Å². The molecule has 0 spiro atoms. The Kier molecular flexibility index (Phi) is 9.07. The zero-order valence-corrected chi connectivity index (χ0v) is 19.9. The van der Waals surface area contributed by atoms with Gasteiger partial charge in [-0.25, -0.2) is 0 Å². The molecule has 6 heteroatoms. The fourth-order valence-electron chi connectivity index (χ4n) is 3.90. The molecule has 1 heterocycles. The van der Waals surface area contributed by atoms with Gasteiger partial charge in [0.1, 0.15) is 11.4 Å². The van der Waals surface area contributed by atoms with Crippen LogP contribution < -0.4 is 4.74 Å². The Hall–Kier alpha value is -3.12. The van der Waals surface area contributed by atoms with E-state index in [1.165, 1.54) is 4.90 Å². The molecule has 1 aliphatic rings. The van der Waals surface area contributed by atoms with Crippen molar-refractivity contribution < 1.29 is 19.1 Å². The minimum absolute atomic E-state index is 0.239. The second-order valence-electron chi connectivity index (χ2n) is 8.03. The number of nitrogens with zero attached hydrogens (tertiary/aromatic N) is 2. The molecule has 2 amide bonds. The second kappa shape index (κ2) is 12.2. The molecule has 0 saturated heterocycles. The van der Waals surface area contributed by atoms with Crippen molar-refractivity contribution in [3.8, 4) is 5.75 Å². The third kappa shape index (κ3) is 6.02. The average molecular weight is 451 g/mol. The predicted octanol–water partition coefficient (Wildman–Crippen LogP) is 4.50. The highest BCUT2D eigenvalue weighted by Crippen LogP contribution is 2.33. The minimum atomic E-state index is -0.250. The SMILES string of the molecule is CCCCOCCCN1C(=O)C(c2ccc(OC)cc2)=C(N(CC)Cc2ccccc2)C1=O. The van der Waals surface area contributed by atoms with Crippen molar-refractivity contribution in [2.24, 2.45) is 0 Å². The van der Waals surface area contributed by atoms with Gasteiger partial charge in [0.2, 0.25) is 0 Å². The Balaban J connectivity index is 1.87. The van der Waals surface area contributed by atoms with E-state index in [0.717, 1.165) is 24.0 Å². The van der Waals surface area contributed by atoms with Crippen molar-refractivity contribution in [1.82, 2.24) is 9.80 Å². The minimum Gasteiger partial charge on any atom is -0.497 e. The first-order chi connectivity index (χ1) is 16.1. The zero-order chi connectivity index (χ0) is 23.6. The van der Waals surface area contributed by atoms with Gasteiger partial charge in [-0.05, 0) is 43.0 Å². The average Bonchev–Trinajstić information content (AvgIpc) is 3.10. The smallest absolute Gasteiger partial charge is 0.277 e. The molecule has 0 unspecified atom stereocenters. The molecule has 2 aromatic carbocycles. The molecule has 2 aromatic rings. The first kappa shape index (κ1) is 24.5.